The molecule has 0 spiro atoms. The van der Waals surface area contributed by atoms with Crippen molar-refractivity contribution in [2.45, 2.75) is 45.6 Å². The number of unbranched alkanes of at least 4 members (excludes halogenated alkanes) is 2. The van der Waals surface area contributed by atoms with E-state index in [2.05, 4.69) is 36.2 Å². The van der Waals surface area contributed by atoms with Crippen LogP contribution in [-0.4, -0.2) is 11.2 Å². The minimum absolute atomic E-state index is 0.379. The van der Waals surface area contributed by atoms with E-state index < -0.39 is 0 Å². The van der Waals surface area contributed by atoms with Crippen LogP contribution in [0.1, 0.15) is 39.5 Å². The van der Waals surface area contributed by atoms with Crippen molar-refractivity contribution in [3.63, 3.8) is 0 Å². The smallest absolute Gasteiger partial charge is 0.0587 e. The zero-order valence-corrected chi connectivity index (χ0v) is 7.58. The second kappa shape index (κ2) is 6.91. The van der Waals surface area contributed by atoms with Gasteiger partial charge in [0, 0.05) is 0 Å². The van der Waals surface area contributed by atoms with Crippen LogP contribution in [0, 0.1) is 0 Å². The van der Waals surface area contributed by atoms with Crippen molar-refractivity contribution in [3.8, 4) is 0 Å². The van der Waals surface area contributed by atoms with Crippen LogP contribution in [0.5, 0.6) is 0 Å². The molecule has 10 heavy (non-hydrogen) atoms. The van der Waals surface area contributed by atoms with Crippen molar-refractivity contribution < 1.29 is 0 Å². The highest BCUT2D eigenvalue weighted by Gasteiger charge is 1.95. The molecule has 0 saturated heterocycles. The Morgan fingerprint density at radius 2 is 2.20 bits per heavy atom. The van der Waals surface area contributed by atoms with Gasteiger partial charge in [-0.05, 0) is 25.6 Å². The van der Waals surface area contributed by atoms with Gasteiger partial charge in [0.1, 0.15) is 0 Å². The van der Waals surface area contributed by atoms with Crippen molar-refractivity contribution in [2.24, 2.45) is 4.99 Å². The fourth-order valence-electron chi connectivity index (χ4n) is 0.844. The third-order valence-electron chi connectivity index (χ3n) is 1.50. The van der Waals surface area contributed by atoms with Gasteiger partial charge in [0.25, 0.3) is 0 Å². The molecule has 0 rings (SSSR count). The van der Waals surface area contributed by atoms with E-state index >= 15 is 0 Å². The molecule has 0 aromatic rings. The van der Waals surface area contributed by atoms with Gasteiger partial charge in [-0.3, -0.25) is 0 Å². The Morgan fingerprint density at radius 3 is 2.70 bits per heavy atom. The van der Waals surface area contributed by atoms with Crippen LogP contribution in [0.2, 0.25) is 0 Å². The first-order valence-electron chi connectivity index (χ1n) is 3.88. The molecule has 58 valence electrons. The lowest BCUT2D eigenvalue weighted by molar-refractivity contribution is 0.595. The zero-order chi connectivity index (χ0) is 7.82. The molecule has 0 aliphatic carbocycles. The standard InChI is InChI=1S/C8H15NS/c1-3-4-5-6-8(2)9-7-10/h8H,3-6H2,1-2H3. The SMILES string of the molecule is CCCCCC(C)N=C=S. The van der Waals surface area contributed by atoms with Crippen molar-refractivity contribution in [1.82, 2.24) is 0 Å². The van der Waals surface area contributed by atoms with Crippen LogP contribution >= 0.6 is 12.2 Å². The summed E-state index contributed by atoms with van der Waals surface area (Å²) in [6, 6.07) is 0.379. The Bertz CT molecular complexity index is 116. The van der Waals surface area contributed by atoms with Gasteiger partial charge in [0.2, 0.25) is 0 Å². The van der Waals surface area contributed by atoms with Crippen molar-refractivity contribution in [1.29, 1.82) is 0 Å². The second-order valence-corrected chi connectivity index (χ2v) is 2.75. The summed E-state index contributed by atoms with van der Waals surface area (Å²) in [6.45, 7) is 4.28. The van der Waals surface area contributed by atoms with Gasteiger partial charge in [0.05, 0.1) is 11.2 Å². The number of thiocarbonyl (C=S) groups is 1. The van der Waals surface area contributed by atoms with Gasteiger partial charge in [-0.1, -0.05) is 26.2 Å². The maximum absolute atomic E-state index is 4.49. The van der Waals surface area contributed by atoms with Gasteiger partial charge >= 0.3 is 0 Å². The van der Waals surface area contributed by atoms with Gasteiger partial charge in [0.15, 0.2) is 0 Å². The number of hydrogen-bond acceptors (Lipinski definition) is 2. The van der Waals surface area contributed by atoms with E-state index in [9.17, 15) is 0 Å². The van der Waals surface area contributed by atoms with Crippen LogP contribution in [0.25, 0.3) is 0 Å². The summed E-state index contributed by atoms with van der Waals surface area (Å²) >= 11 is 4.49. The largest absolute Gasteiger partial charge is 0.229 e. The molecule has 1 nitrogen and oxygen atoms in total. The minimum atomic E-state index is 0.379. The summed E-state index contributed by atoms with van der Waals surface area (Å²) in [5.74, 6) is 0. The van der Waals surface area contributed by atoms with Crippen molar-refractivity contribution in [2.75, 3.05) is 0 Å². The molecular formula is C8H15NS. The van der Waals surface area contributed by atoms with Crippen LogP contribution in [0.4, 0.5) is 0 Å². The molecule has 0 bridgehead atoms. The van der Waals surface area contributed by atoms with Gasteiger partial charge in [-0.2, -0.15) is 0 Å². The Morgan fingerprint density at radius 1 is 1.50 bits per heavy atom. The maximum atomic E-state index is 4.49. The predicted octanol–water partition coefficient (Wildman–Crippen LogP) is 3.06. The molecule has 0 aliphatic rings. The monoisotopic (exact) mass is 157 g/mol. The Balaban J connectivity index is 3.21. The summed E-state index contributed by atoms with van der Waals surface area (Å²) < 4.78 is 0. The molecule has 1 unspecified atom stereocenters. The van der Waals surface area contributed by atoms with Crippen LogP contribution in [0.15, 0.2) is 4.99 Å². The average molecular weight is 157 g/mol. The molecule has 0 saturated carbocycles. The van der Waals surface area contributed by atoms with Crippen LogP contribution in [-0.2, 0) is 0 Å². The fourth-order valence-corrected chi connectivity index (χ4v) is 1.02. The Kier molecular flexibility index (Phi) is 6.78. The Hall–Kier alpha value is -0.200. The topological polar surface area (TPSA) is 12.4 Å². The molecule has 0 heterocycles. The highest BCUT2D eigenvalue weighted by molar-refractivity contribution is 7.78. The summed E-state index contributed by atoms with van der Waals surface area (Å²) in [7, 11) is 0. The number of isothiocyanates is 1. The highest BCUT2D eigenvalue weighted by Crippen LogP contribution is 2.04. The zero-order valence-electron chi connectivity index (χ0n) is 6.76. The number of nitrogens with zero attached hydrogens (tertiary/aromatic N) is 1. The first kappa shape index (κ1) is 9.80. The van der Waals surface area contributed by atoms with E-state index in [0.29, 0.717) is 6.04 Å². The lowest BCUT2D eigenvalue weighted by Crippen LogP contribution is -1.95. The molecule has 0 fully saturated rings. The van der Waals surface area contributed by atoms with Crippen molar-refractivity contribution >= 4 is 17.4 Å². The Labute approximate surface area is 68.5 Å². The molecular weight excluding hydrogens is 142 g/mol. The van der Waals surface area contributed by atoms with E-state index in [1.54, 1.807) is 0 Å². The number of hydrogen-bond donors (Lipinski definition) is 0. The average Bonchev–Trinajstić information content (AvgIpc) is 1.89. The summed E-state index contributed by atoms with van der Waals surface area (Å²) in [4.78, 5) is 3.96. The molecule has 0 aliphatic heterocycles. The van der Waals surface area contributed by atoms with E-state index in [4.69, 9.17) is 0 Å². The highest BCUT2D eigenvalue weighted by atomic mass is 32.1. The first-order chi connectivity index (χ1) is 4.81. The fraction of sp³-hybridized carbons (Fsp3) is 0.875. The molecule has 2 heteroatoms. The van der Waals surface area contributed by atoms with Crippen LogP contribution in [0.3, 0.4) is 0 Å². The van der Waals surface area contributed by atoms with E-state index in [0.717, 1.165) is 6.42 Å². The van der Waals surface area contributed by atoms with E-state index in [1.165, 1.54) is 19.3 Å². The van der Waals surface area contributed by atoms with Gasteiger partial charge in [-0.15, -0.1) is 0 Å². The third-order valence-corrected chi connectivity index (χ3v) is 1.60. The molecule has 1 atom stereocenters. The second-order valence-electron chi connectivity index (χ2n) is 2.57. The number of rotatable bonds is 5. The van der Waals surface area contributed by atoms with E-state index in [1.807, 2.05) is 0 Å². The predicted molar refractivity (Wildman–Crippen MR) is 48.6 cm³/mol. The molecule has 0 aromatic heterocycles. The van der Waals surface area contributed by atoms with E-state index in [-0.39, 0.29) is 0 Å². The lowest BCUT2D eigenvalue weighted by atomic mass is 10.1. The third kappa shape index (κ3) is 5.93. The maximum Gasteiger partial charge on any atom is 0.0587 e. The number of aliphatic imine (C=N–C) groups is 1. The van der Waals surface area contributed by atoms with Crippen molar-refractivity contribution in [3.05, 3.63) is 0 Å². The molecule has 0 aromatic carbocycles. The normalized spacial score (nSPS) is 12.2. The first-order valence-corrected chi connectivity index (χ1v) is 4.29. The molecule has 0 amide bonds. The molecule has 0 radical (unpaired) electrons. The van der Waals surface area contributed by atoms with Crippen LogP contribution < -0.4 is 0 Å². The summed E-state index contributed by atoms with van der Waals surface area (Å²) in [5.41, 5.74) is 0. The molecule has 0 N–H and O–H groups in total. The quantitative estimate of drug-likeness (QED) is 0.339. The lowest BCUT2D eigenvalue weighted by Gasteiger charge is -2.01. The van der Waals surface area contributed by atoms with Gasteiger partial charge < -0.3 is 0 Å². The minimum Gasteiger partial charge on any atom is -0.229 e. The summed E-state index contributed by atoms with van der Waals surface area (Å²) in [5, 5.41) is 2.40. The van der Waals surface area contributed by atoms with Gasteiger partial charge in [-0.25, -0.2) is 4.99 Å². The summed E-state index contributed by atoms with van der Waals surface area (Å²) in [6.07, 6.45) is 4.99.